The Morgan fingerprint density at radius 2 is 1.06 bits per heavy atom. The molecule has 1 N–H and O–H groups in total. The molecule has 0 radical (unpaired) electrons. The third-order valence-electron chi connectivity index (χ3n) is 4.77. The zero-order chi connectivity index (χ0) is 12.8. The van der Waals surface area contributed by atoms with Crippen LogP contribution in [0, 0.1) is 5.41 Å². The summed E-state index contributed by atoms with van der Waals surface area (Å²) in [5.41, 5.74) is 0.986. The molecule has 0 aliphatic heterocycles. The Bertz CT molecular complexity index is 192. The molecule has 0 atom stereocenters. The fraction of sp³-hybridized carbons (Fsp3) is 1.00. The lowest BCUT2D eigenvalue weighted by molar-refractivity contribution is 0.256. The molecule has 0 unspecified atom stereocenters. The molecule has 1 nitrogen and oxygen atoms in total. The summed E-state index contributed by atoms with van der Waals surface area (Å²) in [4.78, 5) is 0. The normalized spacial score (nSPS) is 26.8. The zero-order valence-corrected chi connectivity index (χ0v) is 12.6. The molecule has 17 heavy (non-hydrogen) atoms. The molecular formula is C16H33N. The van der Waals surface area contributed by atoms with Crippen molar-refractivity contribution in [2.45, 2.75) is 90.5 Å². The monoisotopic (exact) mass is 239 g/mol. The van der Waals surface area contributed by atoms with Gasteiger partial charge in [-0.2, -0.15) is 0 Å². The second kappa shape index (κ2) is 6.78. The minimum atomic E-state index is 0.398. The molecule has 0 amide bonds. The fourth-order valence-corrected chi connectivity index (χ4v) is 3.09. The molecule has 1 heteroatoms. The van der Waals surface area contributed by atoms with Crippen LogP contribution < -0.4 is 5.32 Å². The van der Waals surface area contributed by atoms with Crippen LogP contribution in [-0.2, 0) is 0 Å². The summed E-state index contributed by atoms with van der Waals surface area (Å²) in [5, 5.41) is 3.55. The summed E-state index contributed by atoms with van der Waals surface area (Å²) in [5.74, 6) is 0. The molecule has 1 saturated carbocycles. The number of nitrogens with one attached hydrogen (secondary N) is 1. The highest BCUT2D eigenvalue weighted by molar-refractivity contribution is 4.82. The van der Waals surface area contributed by atoms with Crippen molar-refractivity contribution in [2.75, 3.05) is 7.05 Å². The average molecular weight is 239 g/mol. The highest BCUT2D eigenvalue weighted by Crippen LogP contribution is 2.32. The maximum absolute atomic E-state index is 3.55. The van der Waals surface area contributed by atoms with E-state index in [-0.39, 0.29) is 0 Å². The van der Waals surface area contributed by atoms with Gasteiger partial charge in [-0.1, -0.05) is 52.4 Å². The van der Waals surface area contributed by atoms with Gasteiger partial charge in [0, 0.05) is 5.54 Å². The van der Waals surface area contributed by atoms with Gasteiger partial charge in [0.05, 0.1) is 0 Å². The summed E-state index contributed by atoms with van der Waals surface area (Å²) < 4.78 is 0. The Morgan fingerprint density at radius 1 is 0.647 bits per heavy atom. The molecule has 0 bridgehead atoms. The lowest BCUT2D eigenvalue weighted by Crippen LogP contribution is -2.39. The maximum atomic E-state index is 3.55. The molecule has 0 heterocycles. The van der Waals surface area contributed by atoms with Crippen molar-refractivity contribution in [3.63, 3.8) is 0 Å². The van der Waals surface area contributed by atoms with E-state index in [2.05, 4.69) is 33.1 Å². The van der Waals surface area contributed by atoms with Gasteiger partial charge in [-0.05, 0) is 45.1 Å². The molecule has 0 aromatic heterocycles. The predicted octanol–water partition coefficient (Wildman–Crippen LogP) is 4.91. The SMILES string of the molecule is CNC1(C)CCCCCC(C)(C)CCCCC1. The summed E-state index contributed by atoms with van der Waals surface area (Å²) in [7, 11) is 2.13. The number of hydrogen-bond donors (Lipinski definition) is 1. The topological polar surface area (TPSA) is 12.0 Å². The Kier molecular flexibility index (Phi) is 5.99. The van der Waals surface area contributed by atoms with Gasteiger partial charge in [0.25, 0.3) is 0 Å². The van der Waals surface area contributed by atoms with E-state index in [1.165, 1.54) is 64.2 Å². The van der Waals surface area contributed by atoms with E-state index in [0.717, 1.165) is 0 Å². The molecular weight excluding hydrogens is 206 g/mol. The van der Waals surface area contributed by atoms with Crippen molar-refractivity contribution in [1.29, 1.82) is 0 Å². The van der Waals surface area contributed by atoms with Gasteiger partial charge >= 0.3 is 0 Å². The van der Waals surface area contributed by atoms with E-state index < -0.39 is 0 Å². The van der Waals surface area contributed by atoms with Gasteiger partial charge in [0.2, 0.25) is 0 Å². The average Bonchev–Trinajstić information content (AvgIpc) is 2.26. The second-order valence-corrected chi connectivity index (χ2v) is 7.10. The lowest BCUT2D eigenvalue weighted by atomic mass is 9.80. The van der Waals surface area contributed by atoms with Gasteiger partial charge in [-0.3, -0.25) is 0 Å². The largest absolute Gasteiger partial charge is 0.315 e. The number of rotatable bonds is 1. The van der Waals surface area contributed by atoms with Crippen molar-refractivity contribution >= 4 is 0 Å². The zero-order valence-electron chi connectivity index (χ0n) is 12.6. The first-order valence-electron chi connectivity index (χ1n) is 7.66. The molecule has 0 aromatic carbocycles. The highest BCUT2D eigenvalue weighted by atomic mass is 14.9. The van der Waals surface area contributed by atoms with Crippen LogP contribution in [0.1, 0.15) is 85.0 Å². The molecule has 0 aromatic rings. The second-order valence-electron chi connectivity index (χ2n) is 7.10. The summed E-state index contributed by atoms with van der Waals surface area (Å²) in [6.07, 6.45) is 14.0. The molecule has 1 aliphatic carbocycles. The third kappa shape index (κ3) is 5.90. The predicted molar refractivity (Wildman–Crippen MR) is 77.4 cm³/mol. The molecule has 0 saturated heterocycles. The Hall–Kier alpha value is -0.0400. The van der Waals surface area contributed by atoms with Gasteiger partial charge < -0.3 is 5.32 Å². The van der Waals surface area contributed by atoms with E-state index in [9.17, 15) is 0 Å². The van der Waals surface area contributed by atoms with Crippen molar-refractivity contribution in [3.05, 3.63) is 0 Å². The Labute approximate surface area is 109 Å². The minimum Gasteiger partial charge on any atom is -0.315 e. The van der Waals surface area contributed by atoms with Crippen molar-refractivity contribution < 1.29 is 0 Å². The quantitative estimate of drug-likeness (QED) is 0.686. The Balaban J connectivity index is 2.44. The summed E-state index contributed by atoms with van der Waals surface area (Å²) >= 11 is 0. The summed E-state index contributed by atoms with van der Waals surface area (Å²) in [6.45, 7) is 7.32. The third-order valence-corrected chi connectivity index (χ3v) is 4.77. The van der Waals surface area contributed by atoms with Crippen LogP contribution in [0.2, 0.25) is 0 Å². The van der Waals surface area contributed by atoms with Crippen LogP contribution in [-0.4, -0.2) is 12.6 Å². The standard InChI is InChI=1S/C16H33N/c1-15(2)11-7-5-9-13-16(3,17-4)14-10-6-8-12-15/h17H,5-14H2,1-4H3. The first-order valence-corrected chi connectivity index (χ1v) is 7.66. The number of hydrogen-bond acceptors (Lipinski definition) is 1. The van der Waals surface area contributed by atoms with E-state index >= 15 is 0 Å². The van der Waals surface area contributed by atoms with Crippen LogP contribution in [0.3, 0.4) is 0 Å². The smallest absolute Gasteiger partial charge is 0.0150 e. The van der Waals surface area contributed by atoms with Gasteiger partial charge in [-0.15, -0.1) is 0 Å². The summed E-state index contributed by atoms with van der Waals surface area (Å²) in [6, 6.07) is 0. The van der Waals surface area contributed by atoms with Crippen molar-refractivity contribution in [3.8, 4) is 0 Å². The van der Waals surface area contributed by atoms with E-state index in [1.54, 1.807) is 0 Å². The van der Waals surface area contributed by atoms with Crippen LogP contribution in [0.15, 0.2) is 0 Å². The molecule has 1 fully saturated rings. The minimum absolute atomic E-state index is 0.398. The first kappa shape index (κ1) is 15.0. The molecule has 1 aliphatic rings. The molecule has 102 valence electrons. The molecule has 0 spiro atoms. The van der Waals surface area contributed by atoms with E-state index in [0.29, 0.717) is 11.0 Å². The van der Waals surface area contributed by atoms with Crippen LogP contribution in [0.5, 0.6) is 0 Å². The van der Waals surface area contributed by atoms with Crippen molar-refractivity contribution in [2.24, 2.45) is 5.41 Å². The van der Waals surface area contributed by atoms with E-state index in [4.69, 9.17) is 0 Å². The van der Waals surface area contributed by atoms with Crippen molar-refractivity contribution in [1.82, 2.24) is 5.32 Å². The van der Waals surface area contributed by atoms with Crippen LogP contribution >= 0.6 is 0 Å². The fourth-order valence-electron chi connectivity index (χ4n) is 3.09. The lowest BCUT2D eigenvalue weighted by Gasteiger charge is -2.31. The molecule has 1 rings (SSSR count). The Morgan fingerprint density at radius 3 is 1.47 bits per heavy atom. The first-order chi connectivity index (χ1) is 7.97. The van der Waals surface area contributed by atoms with Gasteiger partial charge in [-0.25, -0.2) is 0 Å². The van der Waals surface area contributed by atoms with E-state index in [1.807, 2.05) is 0 Å². The van der Waals surface area contributed by atoms with Gasteiger partial charge in [0.15, 0.2) is 0 Å². The highest BCUT2D eigenvalue weighted by Gasteiger charge is 2.22. The van der Waals surface area contributed by atoms with Crippen LogP contribution in [0.4, 0.5) is 0 Å². The van der Waals surface area contributed by atoms with Crippen LogP contribution in [0.25, 0.3) is 0 Å². The van der Waals surface area contributed by atoms with Gasteiger partial charge in [0.1, 0.15) is 0 Å². The maximum Gasteiger partial charge on any atom is 0.0150 e.